The highest BCUT2D eigenvalue weighted by atomic mass is 16.3. The SMILES string of the molecule is CC(C)N(CC1CCCN1)C(=O)c1ccc(O)cc1O. The van der Waals surface area contributed by atoms with Crippen molar-refractivity contribution in [2.24, 2.45) is 0 Å². The molecule has 1 heterocycles. The Morgan fingerprint density at radius 3 is 2.75 bits per heavy atom. The predicted molar refractivity (Wildman–Crippen MR) is 77.0 cm³/mol. The second-order valence-corrected chi connectivity index (χ2v) is 5.55. The number of benzene rings is 1. The van der Waals surface area contributed by atoms with Crippen LogP contribution in [0, 0.1) is 0 Å². The third-order valence-electron chi connectivity index (χ3n) is 3.68. The molecule has 1 amide bonds. The molecule has 0 bridgehead atoms. The Kier molecular flexibility index (Phi) is 4.49. The molecule has 1 saturated heterocycles. The first-order valence-corrected chi connectivity index (χ1v) is 7.05. The van der Waals surface area contributed by atoms with Crippen molar-refractivity contribution in [1.82, 2.24) is 10.2 Å². The summed E-state index contributed by atoms with van der Waals surface area (Å²) in [4.78, 5) is 14.3. The predicted octanol–water partition coefficient (Wildman–Crippen LogP) is 1.70. The van der Waals surface area contributed by atoms with E-state index in [9.17, 15) is 15.0 Å². The molecule has 2 rings (SSSR count). The van der Waals surface area contributed by atoms with Crippen molar-refractivity contribution in [2.45, 2.75) is 38.8 Å². The molecule has 1 atom stereocenters. The van der Waals surface area contributed by atoms with E-state index in [0.717, 1.165) is 19.4 Å². The summed E-state index contributed by atoms with van der Waals surface area (Å²) in [6.07, 6.45) is 2.20. The van der Waals surface area contributed by atoms with Crippen LogP contribution in [-0.4, -0.2) is 46.2 Å². The number of rotatable bonds is 4. The van der Waals surface area contributed by atoms with Gasteiger partial charge in [0.25, 0.3) is 5.91 Å². The fourth-order valence-electron chi connectivity index (χ4n) is 2.53. The smallest absolute Gasteiger partial charge is 0.257 e. The van der Waals surface area contributed by atoms with Crippen molar-refractivity contribution in [3.63, 3.8) is 0 Å². The van der Waals surface area contributed by atoms with Gasteiger partial charge in [0.1, 0.15) is 11.5 Å². The minimum atomic E-state index is -0.203. The summed E-state index contributed by atoms with van der Waals surface area (Å²) in [6, 6.07) is 4.45. The van der Waals surface area contributed by atoms with E-state index in [1.165, 1.54) is 18.2 Å². The van der Waals surface area contributed by atoms with E-state index in [1.54, 1.807) is 4.90 Å². The zero-order chi connectivity index (χ0) is 14.7. The van der Waals surface area contributed by atoms with Gasteiger partial charge in [0.2, 0.25) is 0 Å². The number of carbonyl (C=O) groups excluding carboxylic acids is 1. The molecular formula is C15H22N2O3. The molecule has 110 valence electrons. The number of hydrogen-bond donors (Lipinski definition) is 3. The highest BCUT2D eigenvalue weighted by molar-refractivity contribution is 5.97. The number of carbonyl (C=O) groups is 1. The summed E-state index contributed by atoms with van der Waals surface area (Å²) in [7, 11) is 0. The van der Waals surface area contributed by atoms with Gasteiger partial charge in [-0.05, 0) is 45.4 Å². The Labute approximate surface area is 119 Å². The lowest BCUT2D eigenvalue weighted by Crippen LogP contribution is -2.44. The summed E-state index contributed by atoms with van der Waals surface area (Å²) >= 11 is 0. The molecule has 0 spiro atoms. The van der Waals surface area contributed by atoms with Gasteiger partial charge in [-0.2, -0.15) is 0 Å². The first-order chi connectivity index (χ1) is 9.49. The molecule has 1 aromatic rings. The van der Waals surface area contributed by atoms with Gasteiger partial charge in [0.05, 0.1) is 5.56 Å². The van der Waals surface area contributed by atoms with Crippen LogP contribution in [0.15, 0.2) is 18.2 Å². The van der Waals surface area contributed by atoms with Crippen LogP contribution in [0.4, 0.5) is 0 Å². The van der Waals surface area contributed by atoms with Crippen LogP contribution in [-0.2, 0) is 0 Å². The molecule has 1 aromatic carbocycles. The van der Waals surface area contributed by atoms with Gasteiger partial charge in [-0.15, -0.1) is 0 Å². The Bertz CT molecular complexity index is 482. The van der Waals surface area contributed by atoms with Crippen molar-refractivity contribution < 1.29 is 15.0 Å². The molecule has 1 unspecified atom stereocenters. The first-order valence-electron chi connectivity index (χ1n) is 7.05. The number of nitrogens with one attached hydrogen (secondary N) is 1. The minimum Gasteiger partial charge on any atom is -0.508 e. The molecule has 3 N–H and O–H groups in total. The van der Waals surface area contributed by atoms with Crippen molar-refractivity contribution >= 4 is 5.91 Å². The number of phenolic OH excluding ortho intramolecular Hbond substituents is 2. The quantitative estimate of drug-likeness (QED) is 0.784. The molecule has 20 heavy (non-hydrogen) atoms. The number of phenols is 2. The minimum absolute atomic E-state index is 0.0485. The van der Waals surface area contributed by atoms with E-state index in [2.05, 4.69) is 5.32 Å². The fourth-order valence-corrected chi connectivity index (χ4v) is 2.53. The zero-order valence-electron chi connectivity index (χ0n) is 12.0. The zero-order valence-corrected chi connectivity index (χ0v) is 12.0. The maximum absolute atomic E-state index is 12.6. The van der Waals surface area contributed by atoms with Crippen LogP contribution in [0.1, 0.15) is 37.0 Å². The van der Waals surface area contributed by atoms with E-state index in [1.807, 2.05) is 13.8 Å². The summed E-state index contributed by atoms with van der Waals surface area (Å²) in [5.41, 5.74) is 0.231. The Hall–Kier alpha value is -1.75. The maximum Gasteiger partial charge on any atom is 0.257 e. The maximum atomic E-state index is 12.6. The number of nitrogens with zero attached hydrogens (tertiary/aromatic N) is 1. The van der Waals surface area contributed by atoms with Gasteiger partial charge in [0, 0.05) is 24.7 Å². The van der Waals surface area contributed by atoms with Crippen LogP contribution in [0.3, 0.4) is 0 Å². The normalized spacial score (nSPS) is 18.4. The molecule has 0 aliphatic carbocycles. The van der Waals surface area contributed by atoms with Crippen molar-refractivity contribution in [3.05, 3.63) is 23.8 Å². The highest BCUT2D eigenvalue weighted by Crippen LogP contribution is 2.25. The van der Waals surface area contributed by atoms with Crippen LogP contribution in [0.5, 0.6) is 11.5 Å². The fraction of sp³-hybridized carbons (Fsp3) is 0.533. The van der Waals surface area contributed by atoms with Gasteiger partial charge in [-0.1, -0.05) is 0 Å². The molecule has 0 saturated carbocycles. The molecule has 0 radical (unpaired) electrons. The largest absolute Gasteiger partial charge is 0.508 e. The average Bonchev–Trinajstić information content (AvgIpc) is 2.87. The monoisotopic (exact) mass is 278 g/mol. The lowest BCUT2D eigenvalue weighted by molar-refractivity contribution is 0.0686. The number of hydrogen-bond acceptors (Lipinski definition) is 4. The summed E-state index contributed by atoms with van der Waals surface area (Å²) in [5, 5.41) is 22.5. The third-order valence-corrected chi connectivity index (χ3v) is 3.68. The molecule has 5 nitrogen and oxygen atoms in total. The van der Waals surface area contributed by atoms with Crippen LogP contribution >= 0.6 is 0 Å². The average molecular weight is 278 g/mol. The van der Waals surface area contributed by atoms with Gasteiger partial charge >= 0.3 is 0 Å². The summed E-state index contributed by atoms with van der Waals surface area (Å²) < 4.78 is 0. The highest BCUT2D eigenvalue weighted by Gasteiger charge is 2.25. The van der Waals surface area contributed by atoms with E-state index in [-0.39, 0.29) is 29.0 Å². The van der Waals surface area contributed by atoms with Gasteiger partial charge in [-0.25, -0.2) is 0 Å². The molecular weight excluding hydrogens is 256 g/mol. The molecule has 1 aliphatic heterocycles. The van der Waals surface area contributed by atoms with E-state index in [0.29, 0.717) is 12.6 Å². The van der Waals surface area contributed by atoms with E-state index < -0.39 is 0 Å². The van der Waals surface area contributed by atoms with Gasteiger partial charge < -0.3 is 20.4 Å². The number of amides is 1. The van der Waals surface area contributed by atoms with Crippen molar-refractivity contribution in [1.29, 1.82) is 0 Å². The van der Waals surface area contributed by atoms with Crippen molar-refractivity contribution in [2.75, 3.05) is 13.1 Å². The molecule has 5 heteroatoms. The lowest BCUT2D eigenvalue weighted by atomic mass is 10.1. The van der Waals surface area contributed by atoms with Crippen molar-refractivity contribution in [3.8, 4) is 11.5 Å². The van der Waals surface area contributed by atoms with E-state index >= 15 is 0 Å². The Morgan fingerprint density at radius 1 is 1.45 bits per heavy atom. The Balaban J connectivity index is 2.17. The molecule has 1 fully saturated rings. The topological polar surface area (TPSA) is 72.8 Å². The second-order valence-electron chi connectivity index (χ2n) is 5.55. The third kappa shape index (κ3) is 3.22. The van der Waals surface area contributed by atoms with Crippen LogP contribution < -0.4 is 5.32 Å². The van der Waals surface area contributed by atoms with E-state index in [4.69, 9.17) is 0 Å². The first kappa shape index (κ1) is 14.7. The molecule has 0 aromatic heterocycles. The standard InChI is InChI=1S/C15H22N2O3/c1-10(2)17(9-11-4-3-7-16-11)15(20)13-6-5-12(18)8-14(13)19/h5-6,8,10-11,16,18-19H,3-4,7,9H2,1-2H3. The van der Waals surface area contributed by atoms with Gasteiger partial charge in [-0.3, -0.25) is 4.79 Å². The number of aromatic hydroxyl groups is 2. The summed E-state index contributed by atoms with van der Waals surface area (Å²) in [6.45, 7) is 5.56. The Morgan fingerprint density at radius 2 is 2.20 bits per heavy atom. The summed E-state index contributed by atoms with van der Waals surface area (Å²) in [5.74, 6) is -0.432. The molecule has 1 aliphatic rings. The van der Waals surface area contributed by atoms with Crippen LogP contribution in [0.25, 0.3) is 0 Å². The lowest BCUT2D eigenvalue weighted by Gasteiger charge is -2.29. The van der Waals surface area contributed by atoms with Crippen LogP contribution in [0.2, 0.25) is 0 Å². The second kappa shape index (κ2) is 6.13. The van der Waals surface area contributed by atoms with Gasteiger partial charge in [0.15, 0.2) is 0 Å².